The lowest BCUT2D eigenvalue weighted by molar-refractivity contribution is -0.622. The first kappa shape index (κ1) is 15.4. The van der Waals surface area contributed by atoms with Crippen LogP contribution in [0.3, 0.4) is 0 Å². The minimum absolute atomic E-state index is 0.0301. The fourth-order valence-corrected chi connectivity index (χ4v) is 2.43. The van der Waals surface area contributed by atoms with Crippen LogP contribution in [-0.4, -0.2) is 5.11 Å². The molecule has 0 aliphatic heterocycles. The number of phenols is 1. The van der Waals surface area contributed by atoms with Gasteiger partial charge in [0.25, 0.3) is 0 Å². The molecule has 0 amide bonds. The van der Waals surface area contributed by atoms with Gasteiger partial charge in [-0.2, -0.15) is 0 Å². The molecule has 0 heterocycles. The maximum absolute atomic E-state index is 9.85. The van der Waals surface area contributed by atoms with E-state index in [1.165, 1.54) is 10.0 Å². The lowest BCUT2D eigenvalue weighted by Gasteiger charge is -2.10. The van der Waals surface area contributed by atoms with E-state index in [0.29, 0.717) is 17.1 Å². The summed E-state index contributed by atoms with van der Waals surface area (Å²) >= 11 is 21.5. The van der Waals surface area contributed by atoms with E-state index >= 15 is 0 Å². The van der Waals surface area contributed by atoms with Crippen LogP contribution in [0.5, 0.6) is 5.75 Å². The molecule has 0 atom stereocenters. The Bertz CT molecular complexity index is 602. The van der Waals surface area contributed by atoms with Gasteiger partial charge in [-0.3, -0.25) is 0 Å². The SMILES string of the molecule is Oc1c(Cl)cc(Cl)cc1CNc1ccc(N([ClH+])[ClH+])cc1. The molecule has 0 aliphatic carbocycles. The topological polar surface area (TPSA) is 35.5 Å². The van der Waals surface area contributed by atoms with E-state index in [9.17, 15) is 5.11 Å². The highest BCUT2D eigenvalue weighted by Gasteiger charge is 2.13. The summed E-state index contributed by atoms with van der Waals surface area (Å²) in [5, 5.41) is 13.7. The molecule has 0 aliphatic rings. The quantitative estimate of drug-likeness (QED) is 0.825. The predicted molar refractivity (Wildman–Crippen MR) is 77.2 cm³/mol. The lowest BCUT2D eigenvalue weighted by atomic mass is 10.2. The van der Waals surface area contributed by atoms with Gasteiger partial charge in [0.2, 0.25) is 0 Å². The van der Waals surface area contributed by atoms with Gasteiger partial charge >= 0.3 is 23.6 Å². The fourth-order valence-electron chi connectivity index (χ4n) is 1.65. The van der Waals surface area contributed by atoms with Crippen LogP contribution in [0.4, 0.5) is 11.4 Å². The van der Waals surface area contributed by atoms with Crippen molar-refractivity contribution in [2.24, 2.45) is 0 Å². The van der Waals surface area contributed by atoms with Crippen molar-refractivity contribution in [3.8, 4) is 5.75 Å². The highest BCUT2D eigenvalue weighted by atomic mass is 35.5. The first-order chi connectivity index (χ1) is 9.47. The normalized spacial score (nSPS) is 10.4. The number of halogens is 4. The molecule has 2 rings (SSSR count). The highest BCUT2D eigenvalue weighted by Crippen LogP contribution is 2.31. The second kappa shape index (κ2) is 6.64. The van der Waals surface area contributed by atoms with Crippen molar-refractivity contribution in [3.05, 3.63) is 52.0 Å². The Hall–Kier alpha value is -1.00. The summed E-state index contributed by atoms with van der Waals surface area (Å²) < 4.78 is 1.20. The Morgan fingerprint density at radius 3 is 2.35 bits per heavy atom. The third-order valence-corrected chi connectivity index (χ3v) is 3.60. The van der Waals surface area contributed by atoms with E-state index in [1.54, 1.807) is 6.07 Å². The van der Waals surface area contributed by atoms with Crippen LogP contribution in [0.1, 0.15) is 5.56 Å². The molecule has 0 bridgehead atoms. The third kappa shape index (κ3) is 3.76. The molecule has 0 aromatic heterocycles. The van der Waals surface area contributed by atoms with Gasteiger partial charge < -0.3 is 10.4 Å². The van der Waals surface area contributed by atoms with Gasteiger partial charge in [-0.25, -0.2) is 0 Å². The standard InChI is InChI=1S/C13H11Cl4N2O/c14-9-5-8(13(20)12(15)6-9)7-18-10-1-3-11(4-2-10)19(16)17/h1-6,16-18H,7H2/q+1/p+1. The van der Waals surface area contributed by atoms with Gasteiger partial charge in [0.15, 0.2) is 5.69 Å². The first-order valence-corrected chi connectivity index (χ1v) is 7.11. The minimum atomic E-state index is 0.0301. The molecule has 0 saturated carbocycles. The largest absolute Gasteiger partial charge is 0.506 e. The van der Waals surface area contributed by atoms with Crippen LogP contribution in [-0.2, 0) is 6.54 Å². The van der Waals surface area contributed by atoms with Gasteiger partial charge in [-0.15, -0.1) is 0 Å². The molecule has 3 nitrogen and oxygen atoms in total. The zero-order valence-electron chi connectivity index (χ0n) is 10.1. The number of benzene rings is 2. The number of hydrogen-bond donors (Lipinski definition) is 2. The average Bonchev–Trinajstić information content (AvgIpc) is 2.41. The molecule has 20 heavy (non-hydrogen) atoms. The molecule has 0 fully saturated rings. The van der Waals surface area contributed by atoms with Crippen LogP contribution in [0.15, 0.2) is 36.4 Å². The molecular weight excluding hydrogens is 342 g/mol. The maximum Gasteiger partial charge on any atom is 0.315 e. The van der Waals surface area contributed by atoms with E-state index in [4.69, 9.17) is 46.8 Å². The van der Waals surface area contributed by atoms with Crippen molar-refractivity contribution in [1.82, 2.24) is 0 Å². The Kier molecular flexibility index (Phi) is 5.11. The molecule has 0 spiro atoms. The molecule has 2 N–H and O–H groups in total. The summed E-state index contributed by atoms with van der Waals surface area (Å²) in [5.41, 5.74) is 2.25. The van der Waals surface area contributed by atoms with Gasteiger partial charge in [-0.1, -0.05) is 23.2 Å². The second-order valence-corrected chi connectivity index (χ2v) is 5.86. The molecule has 2 aromatic carbocycles. The predicted octanol–water partition coefficient (Wildman–Crippen LogP) is 3.51. The van der Waals surface area contributed by atoms with Crippen molar-refractivity contribution >= 4 is 34.6 Å². The van der Waals surface area contributed by atoms with Crippen molar-refractivity contribution < 1.29 is 28.7 Å². The molecule has 0 saturated heterocycles. The van der Waals surface area contributed by atoms with Crippen LogP contribution < -0.4 is 9.25 Å². The smallest absolute Gasteiger partial charge is 0.315 e. The number of nitrogens with one attached hydrogen (secondary N) is 1. The fraction of sp³-hybridized carbons (Fsp3) is 0.0769. The Morgan fingerprint density at radius 1 is 1.10 bits per heavy atom. The Balaban J connectivity index is 2.09. The van der Waals surface area contributed by atoms with E-state index in [2.05, 4.69) is 5.32 Å². The zero-order chi connectivity index (χ0) is 14.7. The number of phenolic OH excluding ortho intramolecular Hbond substituents is 1. The Morgan fingerprint density at radius 2 is 1.75 bits per heavy atom. The van der Waals surface area contributed by atoms with Crippen LogP contribution >= 0.6 is 23.2 Å². The van der Waals surface area contributed by atoms with Crippen molar-refractivity contribution in [2.75, 3.05) is 9.25 Å². The van der Waals surface area contributed by atoms with Gasteiger partial charge in [0.1, 0.15) is 9.69 Å². The lowest BCUT2D eigenvalue weighted by Crippen LogP contribution is -2.04. The minimum Gasteiger partial charge on any atom is -0.506 e. The number of anilines is 2. The summed E-state index contributed by atoms with van der Waals surface area (Å²) in [4.78, 5) is 0. The number of hydrogen-bond acceptors (Lipinski definition) is 3. The number of nitrogens with zero attached hydrogens (tertiary/aromatic N) is 1. The van der Waals surface area contributed by atoms with Gasteiger partial charge in [-0.05, 0) is 36.4 Å². The number of aromatic hydroxyl groups is 1. The molecular formula is C13H12Cl4N2O+2. The molecule has 106 valence electrons. The summed E-state index contributed by atoms with van der Waals surface area (Å²) in [7, 11) is 0. The van der Waals surface area contributed by atoms with Gasteiger partial charge in [0.05, 0.1) is 5.02 Å². The summed E-state index contributed by atoms with van der Waals surface area (Å²) in [6.45, 7) is 0.400. The van der Waals surface area contributed by atoms with E-state index in [-0.39, 0.29) is 10.8 Å². The van der Waals surface area contributed by atoms with E-state index in [0.717, 1.165) is 11.4 Å². The monoisotopic (exact) mass is 352 g/mol. The average molecular weight is 354 g/mol. The zero-order valence-corrected chi connectivity index (χ0v) is 13.3. The van der Waals surface area contributed by atoms with Crippen molar-refractivity contribution in [2.45, 2.75) is 6.54 Å². The van der Waals surface area contributed by atoms with Crippen molar-refractivity contribution in [1.29, 1.82) is 0 Å². The van der Waals surface area contributed by atoms with Crippen LogP contribution in [0.2, 0.25) is 10.0 Å². The second-order valence-electron chi connectivity index (χ2n) is 4.05. The summed E-state index contributed by atoms with van der Waals surface area (Å²) in [6.07, 6.45) is 0. The third-order valence-electron chi connectivity index (χ3n) is 2.67. The highest BCUT2D eigenvalue weighted by molar-refractivity contribution is 6.35. The molecule has 7 heteroatoms. The van der Waals surface area contributed by atoms with Gasteiger partial charge in [0, 0.05) is 22.8 Å². The summed E-state index contributed by atoms with van der Waals surface area (Å²) in [6, 6.07) is 10.5. The van der Waals surface area contributed by atoms with Crippen molar-refractivity contribution in [3.63, 3.8) is 0 Å². The van der Waals surface area contributed by atoms with Crippen LogP contribution in [0, 0.1) is 23.6 Å². The maximum atomic E-state index is 9.85. The molecule has 2 aromatic rings. The van der Waals surface area contributed by atoms with E-state index in [1.807, 2.05) is 24.3 Å². The van der Waals surface area contributed by atoms with E-state index < -0.39 is 0 Å². The van der Waals surface area contributed by atoms with Crippen LogP contribution in [0.25, 0.3) is 0 Å². The first-order valence-electron chi connectivity index (χ1n) is 5.62. The number of rotatable bonds is 4. The molecule has 0 unspecified atom stereocenters. The summed E-state index contributed by atoms with van der Waals surface area (Å²) in [5.74, 6) is 0.0301. The molecule has 0 radical (unpaired) electrons. The Labute approximate surface area is 136 Å².